The molecule has 0 amide bonds. The molecule has 0 saturated carbocycles. The number of nitro groups is 1. The van der Waals surface area contributed by atoms with Crippen LogP contribution in [0.2, 0.25) is 0 Å². The maximum Gasteiger partial charge on any atom is 0.307 e. The highest BCUT2D eigenvalue weighted by molar-refractivity contribution is 5.53. The van der Waals surface area contributed by atoms with E-state index >= 15 is 0 Å². The van der Waals surface area contributed by atoms with Crippen molar-refractivity contribution < 1.29 is 18.8 Å². The minimum atomic E-state index is -1.23. The lowest BCUT2D eigenvalue weighted by atomic mass is 10.2. The third-order valence-electron chi connectivity index (χ3n) is 2.63. The number of rotatable bonds is 4. The van der Waals surface area contributed by atoms with Crippen molar-refractivity contribution in [3.05, 3.63) is 63.7 Å². The Morgan fingerprint density at radius 3 is 2.60 bits per heavy atom. The molecule has 0 aliphatic heterocycles. The number of benzene rings is 2. The maximum atomic E-state index is 13.5. The number of anilines is 1. The summed E-state index contributed by atoms with van der Waals surface area (Å²) in [5.74, 6) is -2.10. The lowest BCUT2D eigenvalue weighted by molar-refractivity contribution is -0.387. The van der Waals surface area contributed by atoms with Gasteiger partial charge in [-0.15, -0.1) is 0 Å². The Kier molecular flexibility index (Phi) is 3.79. The fourth-order valence-electron chi connectivity index (χ4n) is 1.68. The predicted octanol–water partition coefficient (Wildman–Crippen LogP) is 3.19. The Hall–Kier alpha value is -2.70. The van der Waals surface area contributed by atoms with Crippen LogP contribution in [-0.2, 0) is 6.54 Å². The summed E-state index contributed by atoms with van der Waals surface area (Å²) in [6.45, 7) is 0.133. The number of hydrogen-bond donors (Lipinski definition) is 2. The molecule has 0 unspecified atom stereocenters. The van der Waals surface area contributed by atoms with Gasteiger partial charge in [0.25, 0.3) is 0 Å². The Morgan fingerprint density at radius 1 is 1.20 bits per heavy atom. The summed E-state index contributed by atoms with van der Waals surface area (Å²) >= 11 is 0. The first-order chi connectivity index (χ1) is 9.47. The molecule has 104 valence electrons. The van der Waals surface area contributed by atoms with Crippen LogP contribution >= 0.6 is 0 Å². The third-order valence-corrected chi connectivity index (χ3v) is 2.63. The lowest BCUT2D eigenvalue weighted by Crippen LogP contribution is -2.03. The smallest absolute Gasteiger partial charge is 0.307 e. The number of phenolic OH excluding ortho intramolecular Hbond substituents is 1. The largest absolute Gasteiger partial charge is 0.508 e. The molecule has 0 spiro atoms. The van der Waals surface area contributed by atoms with Crippen LogP contribution in [0.25, 0.3) is 0 Å². The fraction of sp³-hybridized carbons (Fsp3) is 0.0769. The molecule has 2 aromatic rings. The number of halogens is 2. The molecule has 2 rings (SSSR count). The highest BCUT2D eigenvalue weighted by Gasteiger charge is 2.18. The van der Waals surface area contributed by atoms with E-state index < -0.39 is 22.2 Å². The first kappa shape index (κ1) is 13.7. The van der Waals surface area contributed by atoms with E-state index in [1.165, 1.54) is 12.1 Å². The second-order valence-electron chi connectivity index (χ2n) is 4.06. The molecule has 0 aromatic heterocycles. The van der Waals surface area contributed by atoms with Crippen molar-refractivity contribution in [1.29, 1.82) is 0 Å². The SMILES string of the molecule is O=[N+]([O-])c1cc(NCc2cccc(O)c2)c(F)cc1F. The quantitative estimate of drug-likeness (QED) is 0.666. The van der Waals surface area contributed by atoms with Gasteiger partial charge in [0, 0.05) is 18.7 Å². The molecule has 0 fully saturated rings. The molecular weight excluding hydrogens is 270 g/mol. The molecule has 0 radical (unpaired) electrons. The van der Waals surface area contributed by atoms with Crippen molar-refractivity contribution in [2.45, 2.75) is 6.54 Å². The van der Waals surface area contributed by atoms with Gasteiger partial charge >= 0.3 is 5.69 Å². The fourth-order valence-corrected chi connectivity index (χ4v) is 1.68. The molecule has 0 heterocycles. The Balaban J connectivity index is 2.21. The van der Waals surface area contributed by atoms with E-state index in [0.29, 0.717) is 11.6 Å². The van der Waals surface area contributed by atoms with Crippen LogP contribution in [0, 0.1) is 21.7 Å². The number of hydrogen-bond acceptors (Lipinski definition) is 4. The molecule has 2 N–H and O–H groups in total. The molecule has 0 aliphatic rings. The zero-order chi connectivity index (χ0) is 14.7. The zero-order valence-electron chi connectivity index (χ0n) is 10.1. The summed E-state index contributed by atoms with van der Waals surface area (Å²) < 4.78 is 26.7. The number of nitrogens with zero attached hydrogens (tertiary/aromatic N) is 1. The first-order valence-electron chi connectivity index (χ1n) is 5.62. The third kappa shape index (κ3) is 3.00. The van der Waals surface area contributed by atoms with Crippen LogP contribution in [0.3, 0.4) is 0 Å². The van der Waals surface area contributed by atoms with E-state index in [9.17, 15) is 24.0 Å². The van der Waals surface area contributed by atoms with Gasteiger partial charge in [-0.2, -0.15) is 4.39 Å². The minimum Gasteiger partial charge on any atom is -0.508 e. The van der Waals surface area contributed by atoms with E-state index in [-0.39, 0.29) is 18.0 Å². The van der Waals surface area contributed by atoms with Gasteiger partial charge in [0.15, 0.2) is 0 Å². The van der Waals surface area contributed by atoms with Crippen LogP contribution in [0.15, 0.2) is 36.4 Å². The van der Waals surface area contributed by atoms with Crippen molar-refractivity contribution in [3.8, 4) is 5.75 Å². The Bertz CT molecular complexity index is 662. The Morgan fingerprint density at radius 2 is 1.95 bits per heavy atom. The normalized spacial score (nSPS) is 10.3. The van der Waals surface area contributed by atoms with Crippen LogP contribution in [-0.4, -0.2) is 10.0 Å². The summed E-state index contributed by atoms with van der Waals surface area (Å²) in [6.07, 6.45) is 0. The first-order valence-corrected chi connectivity index (χ1v) is 5.62. The van der Waals surface area contributed by atoms with Crippen LogP contribution in [0.1, 0.15) is 5.56 Å². The standard InChI is InChI=1S/C13H10F2N2O3/c14-10-5-11(15)13(17(19)20)6-12(10)16-7-8-2-1-3-9(18)4-8/h1-6,16,18H,7H2. The highest BCUT2D eigenvalue weighted by atomic mass is 19.1. The van der Waals surface area contributed by atoms with Crippen LogP contribution < -0.4 is 5.32 Å². The molecule has 20 heavy (non-hydrogen) atoms. The van der Waals surface area contributed by atoms with Gasteiger partial charge in [0.2, 0.25) is 5.82 Å². The molecule has 7 heteroatoms. The zero-order valence-corrected chi connectivity index (χ0v) is 10.1. The second kappa shape index (κ2) is 5.52. The van der Waals surface area contributed by atoms with Gasteiger partial charge in [0.1, 0.15) is 11.6 Å². The van der Waals surface area contributed by atoms with Gasteiger partial charge in [0.05, 0.1) is 10.6 Å². The summed E-state index contributed by atoms with van der Waals surface area (Å²) in [6, 6.07) is 7.49. The lowest BCUT2D eigenvalue weighted by Gasteiger charge is -2.08. The van der Waals surface area contributed by atoms with Crippen molar-refractivity contribution in [1.82, 2.24) is 0 Å². The van der Waals surface area contributed by atoms with Crippen LogP contribution in [0.4, 0.5) is 20.2 Å². The average molecular weight is 280 g/mol. The average Bonchev–Trinajstić information content (AvgIpc) is 2.37. The van der Waals surface area contributed by atoms with Gasteiger partial charge in [-0.05, 0) is 17.7 Å². The van der Waals surface area contributed by atoms with E-state index in [4.69, 9.17) is 0 Å². The monoisotopic (exact) mass is 280 g/mol. The second-order valence-corrected chi connectivity index (χ2v) is 4.06. The molecule has 0 saturated heterocycles. The minimum absolute atomic E-state index is 0.0508. The van der Waals surface area contributed by atoms with Gasteiger partial charge in [-0.3, -0.25) is 10.1 Å². The van der Waals surface area contributed by atoms with Crippen molar-refractivity contribution in [2.24, 2.45) is 0 Å². The van der Waals surface area contributed by atoms with E-state index in [0.717, 1.165) is 6.07 Å². The Labute approximate surface area is 112 Å². The maximum absolute atomic E-state index is 13.5. The molecule has 2 aromatic carbocycles. The van der Waals surface area contributed by atoms with Crippen molar-refractivity contribution in [2.75, 3.05) is 5.32 Å². The summed E-state index contributed by atoms with van der Waals surface area (Å²) in [5, 5.41) is 22.5. The van der Waals surface area contributed by atoms with Crippen molar-refractivity contribution >= 4 is 11.4 Å². The number of nitrogens with one attached hydrogen (secondary N) is 1. The topological polar surface area (TPSA) is 75.4 Å². The summed E-state index contributed by atoms with van der Waals surface area (Å²) in [7, 11) is 0. The van der Waals surface area contributed by atoms with Gasteiger partial charge in [-0.25, -0.2) is 4.39 Å². The molecule has 0 atom stereocenters. The summed E-state index contributed by atoms with van der Waals surface area (Å²) in [4.78, 5) is 9.66. The van der Waals surface area contributed by atoms with Crippen LogP contribution in [0.5, 0.6) is 5.75 Å². The van der Waals surface area contributed by atoms with E-state index in [1.807, 2.05) is 0 Å². The summed E-state index contributed by atoms with van der Waals surface area (Å²) in [5.41, 5.74) is -0.331. The molecule has 5 nitrogen and oxygen atoms in total. The van der Waals surface area contributed by atoms with Gasteiger partial charge in [-0.1, -0.05) is 12.1 Å². The predicted molar refractivity (Wildman–Crippen MR) is 68.4 cm³/mol. The molecule has 0 aliphatic carbocycles. The van der Waals surface area contributed by atoms with E-state index in [2.05, 4.69) is 5.32 Å². The number of aromatic hydroxyl groups is 1. The van der Waals surface area contributed by atoms with Gasteiger partial charge < -0.3 is 10.4 Å². The van der Waals surface area contributed by atoms with Crippen molar-refractivity contribution in [3.63, 3.8) is 0 Å². The number of nitro benzene ring substituents is 1. The molecular formula is C13H10F2N2O3. The van der Waals surface area contributed by atoms with E-state index in [1.54, 1.807) is 12.1 Å². The molecule has 0 bridgehead atoms. The highest BCUT2D eigenvalue weighted by Crippen LogP contribution is 2.25. The number of phenols is 1.